The summed E-state index contributed by atoms with van der Waals surface area (Å²) in [7, 11) is -3.62. The van der Waals surface area contributed by atoms with Crippen molar-refractivity contribution in [1.29, 1.82) is 5.26 Å². The molecule has 0 saturated heterocycles. The fraction of sp³-hybridized carbons (Fsp3) is 0.308. The Bertz CT molecular complexity index is 831. The Balaban J connectivity index is 2.26. The fourth-order valence-electron chi connectivity index (χ4n) is 1.96. The van der Waals surface area contributed by atoms with Crippen LogP contribution in [-0.2, 0) is 19.7 Å². The lowest BCUT2D eigenvalue weighted by Gasteiger charge is -2.21. The molecule has 1 aromatic carbocycles. The molecule has 122 valence electrons. The highest BCUT2D eigenvalue weighted by Crippen LogP contribution is 2.27. The van der Waals surface area contributed by atoms with Crippen LogP contribution in [0.1, 0.15) is 17.5 Å². The maximum absolute atomic E-state index is 13.3. The summed E-state index contributed by atoms with van der Waals surface area (Å²) in [6.07, 6.45) is 0.653. The van der Waals surface area contributed by atoms with Crippen LogP contribution in [-0.4, -0.2) is 43.6 Å². The number of nitrogens with one attached hydrogen (secondary N) is 1. The minimum Gasteiger partial charge on any atom is -0.478 e. The van der Waals surface area contributed by atoms with E-state index in [4.69, 9.17) is 10.1 Å². The summed E-state index contributed by atoms with van der Waals surface area (Å²) in [5.74, 6) is -2.10. The van der Waals surface area contributed by atoms with Crippen LogP contribution < -0.4 is 4.72 Å². The van der Waals surface area contributed by atoms with Gasteiger partial charge in [0.1, 0.15) is 11.9 Å². The van der Waals surface area contributed by atoms with E-state index in [2.05, 4.69) is 9.88 Å². The summed E-state index contributed by atoms with van der Waals surface area (Å²) >= 11 is 0. The number of halogens is 1. The molecule has 1 atom stereocenters. The second-order valence-corrected chi connectivity index (χ2v) is 6.84. The highest BCUT2D eigenvalue weighted by atomic mass is 32.2. The summed E-state index contributed by atoms with van der Waals surface area (Å²) < 4.78 is 37.7. The molecule has 0 bridgehead atoms. The highest BCUT2D eigenvalue weighted by molar-refractivity contribution is 7.88. The second kappa shape index (κ2) is 5.94. The smallest absolute Gasteiger partial charge is 0.352 e. The van der Waals surface area contributed by atoms with Crippen LogP contribution in [0, 0.1) is 17.1 Å². The molecule has 2 N–H and O–H groups in total. The largest absolute Gasteiger partial charge is 0.478 e. The number of carboxylic acid groups (broad SMARTS) is 1. The van der Waals surface area contributed by atoms with E-state index in [0.717, 1.165) is 12.3 Å². The number of aliphatic carboxylic acids is 1. The van der Waals surface area contributed by atoms with Crippen molar-refractivity contribution < 1.29 is 27.5 Å². The van der Waals surface area contributed by atoms with Gasteiger partial charge in [0.05, 0.1) is 24.1 Å². The molecular formula is C13H12FN3O5S. The van der Waals surface area contributed by atoms with Crippen molar-refractivity contribution in [3.8, 4) is 6.07 Å². The van der Waals surface area contributed by atoms with Crippen LogP contribution >= 0.6 is 0 Å². The van der Waals surface area contributed by atoms with Crippen molar-refractivity contribution in [3.63, 3.8) is 0 Å². The molecule has 0 radical (unpaired) electrons. The minimum atomic E-state index is -3.62. The topological polar surface area (TPSA) is 129 Å². The number of nitrogens with zero attached hydrogens (tertiary/aromatic N) is 2. The van der Waals surface area contributed by atoms with Gasteiger partial charge in [-0.1, -0.05) is 11.2 Å². The SMILES string of the molecule is CS(=O)(=O)NCC1(C(=O)O)CC(c2ccc(F)c(C#N)c2)=NO1. The van der Waals surface area contributed by atoms with Crippen LogP contribution in [0.25, 0.3) is 0 Å². The predicted molar refractivity (Wildman–Crippen MR) is 76.6 cm³/mol. The quantitative estimate of drug-likeness (QED) is 0.787. The van der Waals surface area contributed by atoms with E-state index in [1.165, 1.54) is 12.1 Å². The van der Waals surface area contributed by atoms with Gasteiger partial charge in [-0.2, -0.15) is 5.26 Å². The Morgan fingerprint density at radius 1 is 1.61 bits per heavy atom. The Labute approximate surface area is 131 Å². The van der Waals surface area contributed by atoms with E-state index >= 15 is 0 Å². The van der Waals surface area contributed by atoms with Crippen LogP contribution in [0.3, 0.4) is 0 Å². The molecule has 8 nitrogen and oxygen atoms in total. The number of oxime groups is 1. The number of carboxylic acids is 1. The number of nitriles is 1. The Kier molecular flexibility index (Phi) is 4.35. The average Bonchev–Trinajstić information content (AvgIpc) is 2.91. The molecule has 10 heteroatoms. The zero-order chi connectivity index (χ0) is 17.3. The molecule has 1 aromatic rings. The second-order valence-electron chi connectivity index (χ2n) is 5.01. The molecule has 0 amide bonds. The number of hydrogen-bond donors (Lipinski definition) is 2. The number of sulfonamides is 1. The van der Waals surface area contributed by atoms with Gasteiger partial charge in [0.15, 0.2) is 0 Å². The molecule has 23 heavy (non-hydrogen) atoms. The van der Waals surface area contributed by atoms with Gasteiger partial charge in [-0.25, -0.2) is 22.3 Å². The third-order valence-corrected chi connectivity index (χ3v) is 3.88. The van der Waals surface area contributed by atoms with Gasteiger partial charge in [-0.3, -0.25) is 0 Å². The summed E-state index contributed by atoms with van der Waals surface area (Å²) in [6, 6.07) is 5.29. The van der Waals surface area contributed by atoms with E-state index in [1.54, 1.807) is 6.07 Å². The van der Waals surface area contributed by atoms with Gasteiger partial charge in [-0.15, -0.1) is 0 Å². The summed E-state index contributed by atoms with van der Waals surface area (Å²) in [6.45, 7) is -0.513. The maximum Gasteiger partial charge on any atom is 0.352 e. The standard InChI is InChI=1S/C13H12FN3O5S/c1-23(20,21)16-7-13(12(18)19)5-11(17-22-13)8-2-3-10(14)9(4-8)6-15/h2-4,16H,5,7H2,1H3,(H,18,19). The lowest BCUT2D eigenvalue weighted by Crippen LogP contribution is -2.49. The first kappa shape index (κ1) is 16.9. The van der Waals surface area contributed by atoms with Gasteiger partial charge in [0.2, 0.25) is 10.0 Å². The molecule has 0 fully saturated rings. The molecule has 0 aliphatic carbocycles. The first-order valence-corrected chi connectivity index (χ1v) is 8.19. The summed E-state index contributed by atoms with van der Waals surface area (Å²) in [4.78, 5) is 16.4. The minimum absolute atomic E-state index is 0.180. The van der Waals surface area contributed by atoms with Gasteiger partial charge in [0.25, 0.3) is 5.60 Å². The van der Waals surface area contributed by atoms with Gasteiger partial charge in [0, 0.05) is 12.0 Å². The van der Waals surface area contributed by atoms with Crippen LogP contribution in [0.4, 0.5) is 4.39 Å². The van der Waals surface area contributed by atoms with E-state index in [1.807, 2.05) is 0 Å². The molecule has 1 aliphatic heterocycles. The van der Waals surface area contributed by atoms with Crippen molar-refractivity contribution >= 4 is 21.7 Å². The zero-order valence-corrected chi connectivity index (χ0v) is 12.7. The molecule has 0 spiro atoms. The van der Waals surface area contributed by atoms with E-state index in [-0.39, 0.29) is 17.7 Å². The number of carbonyl (C=O) groups is 1. The molecular weight excluding hydrogens is 329 g/mol. The molecule has 2 rings (SSSR count). The van der Waals surface area contributed by atoms with E-state index in [9.17, 15) is 22.7 Å². The monoisotopic (exact) mass is 341 g/mol. The number of rotatable bonds is 5. The van der Waals surface area contributed by atoms with E-state index < -0.39 is 34.0 Å². The average molecular weight is 341 g/mol. The van der Waals surface area contributed by atoms with Gasteiger partial charge < -0.3 is 9.94 Å². The maximum atomic E-state index is 13.3. The lowest BCUT2D eigenvalue weighted by molar-refractivity contribution is -0.161. The summed E-state index contributed by atoms with van der Waals surface area (Å²) in [5, 5.41) is 21.8. The van der Waals surface area contributed by atoms with Crippen LogP contribution in [0.15, 0.2) is 23.4 Å². The lowest BCUT2D eigenvalue weighted by atomic mass is 9.93. The van der Waals surface area contributed by atoms with Crippen LogP contribution in [0.5, 0.6) is 0 Å². The highest BCUT2D eigenvalue weighted by Gasteiger charge is 2.47. The molecule has 1 unspecified atom stereocenters. The van der Waals surface area contributed by atoms with Crippen molar-refractivity contribution in [2.24, 2.45) is 5.16 Å². The van der Waals surface area contributed by atoms with E-state index in [0.29, 0.717) is 5.56 Å². The predicted octanol–water partition coefficient (Wildman–Crippen LogP) is 0.194. The Morgan fingerprint density at radius 2 is 2.30 bits per heavy atom. The van der Waals surface area contributed by atoms with Crippen molar-refractivity contribution in [3.05, 3.63) is 35.1 Å². The Morgan fingerprint density at radius 3 is 2.87 bits per heavy atom. The molecule has 1 aliphatic rings. The van der Waals surface area contributed by atoms with Crippen molar-refractivity contribution in [2.75, 3.05) is 12.8 Å². The summed E-state index contributed by atoms with van der Waals surface area (Å²) in [5.41, 5.74) is -1.60. The van der Waals surface area contributed by atoms with Crippen molar-refractivity contribution in [2.45, 2.75) is 12.0 Å². The van der Waals surface area contributed by atoms with Gasteiger partial charge >= 0.3 is 5.97 Å². The number of hydrogen-bond acceptors (Lipinski definition) is 6. The number of benzene rings is 1. The molecule has 1 heterocycles. The third kappa shape index (κ3) is 3.64. The van der Waals surface area contributed by atoms with Crippen LogP contribution in [0.2, 0.25) is 0 Å². The normalized spacial score (nSPS) is 20.5. The molecule has 0 saturated carbocycles. The molecule has 0 aromatic heterocycles. The Hall–Kier alpha value is -2.51. The zero-order valence-electron chi connectivity index (χ0n) is 11.9. The van der Waals surface area contributed by atoms with Gasteiger partial charge in [-0.05, 0) is 12.1 Å². The first-order chi connectivity index (χ1) is 10.7. The first-order valence-electron chi connectivity index (χ1n) is 6.30. The fourth-order valence-corrected chi connectivity index (χ4v) is 2.45. The van der Waals surface area contributed by atoms with Crippen molar-refractivity contribution in [1.82, 2.24) is 4.72 Å². The third-order valence-electron chi connectivity index (χ3n) is 3.21.